The maximum Gasteiger partial charge on any atom is 0.232 e. The van der Waals surface area contributed by atoms with Crippen LogP contribution in [0.5, 0.6) is 5.75 Å². The fraction of sp³-hybridized carbons (Fsp3) is 0.611. The van der Waals surface area contributed by atoms with Gasteiger partial charge in [-0.05, 0) is 51.0 Å². The van der Waals surface area contributed by atoms with Gasteiger partial charge in [-0.1, -0.05) is 0 Å². The van der Waals surface area contributed by atoms with E-state index >= 15 is 0 Å². The Hall–Kier alpha value is -1.80. The molecule has 0 aliphatic heterocycles. The molecule has 0 spiro atoms. The standard InChI is InChI=1S/C18H30N2O5S/c1-15(2)25-14-6-12-19-18(21)7-5-13-20(26(4,22)23)16-8-10-17(24-3)11-9-16/h8-11,15H,5-7,12-14H2,1-4H3,(H,19,21). The normalized spacial score (nSPS) is 11.4. The Balaban J connectivity index is 2.44. The van der Waals surface area contributed by atoms with Crippen LogP contribution in [0.1, 0.15) is 33.1 Å². The van der Waals surface area contributed by atoms with Crippen molar-refractivity contribution < 1.29 is 22.7 Å². The molecule has 0 fully saturated rings. The lowest BCUT2D eigenvalue weighted by molar-refractivity contribution is -0.121. The number of anilines is 1. The summed E-state index contributed by atoms with van der Waals surface area (Å²) in [6.45, 7) is 5.34. The number of nitrogens with one attached hydrogen (secondary N) is 1. The first kappa shape index (κ1) is 22.2. The molecule has 8 heteroatoms. The van der Waals surface area contributed by atoms with Crippen molar-refractivity contribution in [2.75, 3.05) is 37.4 Å². The molecule has 0 saturated heterocycles. The van der Waals surface area contributed by atoms with E-state index in [-0.39, 0.29) is 25.0 Å². The number of rotatable bonds is 12. The third-order valence-electron chi connectivity index (χ3n) is 3.62. The number of nitrogens with zero attached hydrogens (tertiary/aromatic N) is 1. The molecule has 148 valence electrons. The van der Waals surface area contributed by atoms with Crippen LogP contribution in [0.15, 0.2) is 24.3 Å². The molecule has 0 radical (unpaired) electrons. The van der Waals surface area contributed by atoms with Crippen molar-refractivity contribution >= 4 is 21.6 Å². The number of ether oxygens (including phenoxy) is 2. The minimum Gasteiger partial charge on any atom is -0.497 e. The fourth-order valence-corrected chi connectivity index (χ4v) is 3.29. The summed E-state index contributed by atoms with van der Waals surface area (Å²) in [5.41, 5.74) is 0.555. The van der Waals surface area contributed by atoms with E-state index in [1.807, 2.05) is 13.8 Å². The van der Waals surface area contributed by atoms with Crippen LogP contribution in [0.4, 0.5) is 5.69 Å². The smallest absolute Gasteiger partial charge is 0.232 e. The average Bonchev–Trinajstić information content (AvgIpc) is 2.57. The van der Waals surface area contributed by atoms with Crippen LogP contribution >= 0.6 is 0 Å². The number of carbonyl (C=O) groups is 1. The zero-order chi connectivity index (χ0) is 19.6. The lowest BCUT2D eigenvalue weighted by Gasteiger charge is -2.22. The summed E-state index contributed by atoms with van der Waals surface area (Å²) >= 11 is 0. The molecule has 0 heterocycles. The van der Waals surface area contributed by atoms with Crippen LogP contribution in [0.25, 0.3) is 0 Å². The molecule has 0 bridgehead atoms. The number of amides is 1. The summed E-state index contributed by atoms with van der Waals surface area (Å²) in [5, 5.41) is 2.82. The third-order valence-corrected chi connectivity index (χ3v) is 4.81. The molecule has 0 unspecified atom stereocenters. The van der Waals surface area contributed by atoms with Crippen LogP contribution in [0.2, 0.25) is 0 Å². The van der Waals surface area contributed by atoms with Gasteiger partial charge < -0.3 is 14.8 Å². The minimum atomic E-state index is -3.42. The molecule has 1 aromatic carbocycles. The largest absolute Gasteiger partial charge is 0.497 e. The van der Waals surface area contributed by atoms with Gasteiger partial charge in [0, 0.05) is 26.1 Å². The van der Waals surface area contributed by atoms with E-state index in [0.717, 1.165) is 12.7 Å². The highest BCUT2D eigenvalue weighted by molar-refractivity contribution is 7.92. The lowest BCUT2D eigenvalue weighted by Crippen LogP contribution is -2.32. The van der Waals surface area contributed by atoms with Gasteiger partial charge in [-0.2, -0.15) is 0 Å². The highest BCUT2D eigenvalue weighted by Crippen LogP contribution is 2.21. The molecule has 1 amide bonds. The minimum absolute atomic E-state index is 0.0854. The van der Waals surface area contributed by atoms with Crippen LogP contribution in [-0.4, -0.2) is 53.5 Å². The first-order valence-electron chi connectivity index (χ1n) is 8.74. The van der Waals surface area contributed by atoms with Gasteiger partial charge in [0.05, 0.1) is 25.2 Å². The summed E-state index contributed by atoms with van der Waals surface area (Å²) in [6.07, 6.45) is 2.81. The van der Waals surface area contributed by atoms with Gasteiger partial charge in [0.25, 0.3) is 0 Å². The summed E-state index contributed by atoms with van der Waals surface area (Å²) in [4.78, 5) is 11.9. The summed E-state index contributed by atoms with van der Waals surface area (Å²) in [6, 6.07) is 6.79. The van der Waals surface area contributed by atoms with Gasteiger partial charge in [-0.15, -0.1) is 0 Å². The SMILES string of the molecule is COc1ccc(N(CCCC(=O)NCCCOC(C)C)S(C)(=O)=O)cc1. The molecule has 1 rings (SSSR count). The average molecular weight is 387 g/mol. The van der Waals surface area contributed by atoms with E-state index in [2.05, 4.69) is 5.32 Å². The maximum atomic E-state index is 12.0. The van der Waals surface area contributed by atoms with E-state index in [1.165, 1.54) is 4.31 Å². The van der Waals surface area contributed by atoms with Crippen molar-refractivity contribution in [2.24, 2.45) is 0 Å². The third kappa shape index (κ3) is 8.53. The second-order valence-corrected chi connectivity index (χ2v) is 8.17. The molecular weight excluding hydrogens is 356 g/mol. The summed E-state index contributed by atoms with van der Waals surface area (Å²) < 4.78 is 35.9. The number of hydrogen-bond donors (Lipinski definition) is 1. The predicted molar refractivity (Wildman–Crippen MR) is 103 cm³/mol. The number of methoxy groups -OCH3 is 1. The van der Waals surface area contributed by atoms with Crippen LogP contribution in [0, 0.1) is 0 Å². The van der Waals surface area contributed by atoms with Crippen LogP contribution < -0.4 is 14.4 Å². The predicted octanol–water partition coefficient (Wildman–Crippen LogP) is 2.17. The summed E-state index contributed by atoms with van der Waals surface area (Å²) in [5.74, 6) is 0.570. The lowest BCUT2D eigenvalue weighted by atomic mass is 10.2. The monoisotopic (exact) mass is 386 g/mol. The molecule has 0 aromatic heterocycles. The Morgan fingerprint density at radius 3 is 2.38 bits per heavy atom. The van der Waals surface area contributed by atoms with Crippen molar-refractivity contribution in [1.29, 1.82) is 0 Å². The van der Waals surface area contributed by atoms with Crippen molar-refractivity contribution in [3.05, 3.63) is 24.3 Å². The number of carbonyl (C=O) groups excluding carboxylic acids is 1. The number of sulfonamides is 1. The van der Waals surface area contributed by atoms with Gasteiger partial charge in [0.2, 0.25) is 15.9 Å². The van der Waals surface area contributed by atoms with Crippen molar-refractivity contribution in [1.82, 2.24) is 5.32 Å². The first-order chi connectivity index (χ1) is 12.2. The van der Waals surface area contributed by atoms with Crippen molar-refractivity contribution in [2.45, 2.75) is 39.2 Å². The quantitative estimate of drug-likeness (QED) is 0.557. The van der Waals surface area contributed by atoms with E-state index in [4.69, 9.17) is 9.47 Å². The molecule has 0 aliphatic rings. The molecule has 1 aromatic rings. The highest BCUT2D eigenvalue weighted by atomic mass is 32.2. The Kier molecular flexibility index (Phi) is 9.43. The summed E-state index contributed by atoms with van der Waals surface area (Å²) in [7, 11) is -1.87. The molecule has 0 aliphatic carbocycles. The van der Waals surface area contributed by atoms with E-state index in [0.29, 0.717) is 31.0 Å². The van der Waals surface area contributed by atoms with Gasteiger partial charge in [-0.25, -0.2) is 8.42 Å². The van der Waals surface area contributed by atoms with Crippen LogP contribution in [0.3, 0.4) is 0 Å². The molecule has 0 atom stereocenters. The Morgan fingerprint density at radius 1 is 1.19 bits per heavy atom. The van der Waals surface area contributed by atoms with Gasteiger partial charge >= 0.3 is 0 Å². The van der Waals surface area contributed by atoms with E-state index in [9.17, 15) is 13.2 Å². The number of benzene rings is 1. The van der Waals surface area contributed by atoms with Crippen molar-refractivity contribution in [3.8, 4) is 5.75 Å². The van der Waals surface area contributed by atoms with E-state index < -0.39 is 10.0 Å². The van der Waals surface area contributed by atoms with E-state index in [1.54, 1.807) is 31.4 Å². The topological polar surface area (TPSA) is 84.9 Å². The Bertz CT molecular complexity index is 644. The van der Waals surface area contributed by atoms with Crippen molar-refractivity contribution in [3.63, 3.8) is 0 Å². The van der Waals surface area contributed by atoms with Gasteiger partial charge in [0.1, 0.15) is 5.75 Å². The zero-order valence-corrected chi connectivity index (χ0v) is 16.8. The maximum absolute atomic E-state index is 12.0. The highest BCUT2D eigenvalue weighted by Gasteiger charge is 2.17. The second kappa shape index (κ2) is 11.0. The fourth-order valence-electron chi connectivity index (χ4n) is 2.33. The van der Waals surface area contributed by atoms with Crippen LogP contribution in [-0.2, 0) is 19.6 Å². The molecule has 26 heavy (non-hydrogen) atoms. The zero-order valence-electron chi connectivity index (χ0n) is 16.0. The van der Waals surface area contributed by atoms with Gasteiger partial charge in [0.15, 0.2) is 0 Å². The number of hydrogen-bond acceptors (Lipinski definition) is 5. The molecule has 0 saturated carbocycles. The Morgan fingerprint density at radius 2 is 1.85 bits per heavy atom. The molecular formula is C18H30N2O5S. The second-order valence-electron chi connectivity index (χ2n) is 6.26. The molecule has 7 nitrogen and oxygen atoms in total. The van der Waals surface area contributed by atoms with Gasteiger partial charge in [-0.3, -0.25) is 9.10 Å². The Labute approximate surface area is 156 Å². The first-order valence-corrected chi connectivity index (χ1v) is 10.6. The molecule has 1 N–H and O–H groups in total.